The van der Waals surface area contributed by atoms with Gasteiger partial charge in [-0.2, -0.15) is 18.3 Å². The number of halogens is 3. The maximum atomic E-state index is 12.8. The average Bonchev–Trinajstić information content (AvgIpc) is 2.72. The van der Waals surface area contributed by atoms with Gasteiger partial charge in [0.15, 0.2) is 0 Å². The fourth-order valence-corrected chi connectivity index (χ4v) is 4.40. The first-order valence-electron chi connectivity index (χ1n) is 7.95. The summed E-state index contributed by atoms with van der Waals surface area (Å²) in [5.74, 6) is -2.85. The maximum Gasteiger partial charge on any atom is 0.391 e. The molecule has 1 aliphatic carbocycles. The van der Waals surface area contributed by atoms with E-state index in [0.717, 1.165) is 6.26 Å². The SMILES string of the molecule is Cc1nn(C)c(C)c1N(C(=O)C1CCC(C(F)(F)F)CC1)S(C)(=O)=O. The third kappa shape index (κ3) is 3.99. The summed E-state index contributed by atoms with van der Waals surface area (Å²) >= 11 is 0. The van der Waals surface area contributed by atoms with E-state index in [4.69, 9.17) is 0 Å². The minimum atomic E-state index is -4.28. The largest absolute Gasteiger partial charge is 0.391 e. The summed E-state index contributed by atoms with van der Waals surface area (Å²) in [7, 11) is -2.30. The number of alkyl halides is 3. The van der Waals surface area contributed by atoms with Crippen LogP contribution in [0.1, 0.15) is 37.1 Å². The molecule has 0 radical (unpaired) electrons. The summed E-state index contributed by atoms with van der Waals surface area (Å²) in [6.45, 7) is 3.23. The highest BCUT2D eigenvalue weighted by atomic mass is 32.2. The molecule has 0 bridgehead atoms. The molecule has 0 spiro atoms. The number of hydrogen-bond acceptors (Lipinski definition) is 4. The Bertz CT molecular complexity index is 763. The lowest BCUT2D eigenvalue weighted by atomic mass is 9.81. The second kappa shape index (κ2) is 6.62. The number of aromatic nitrogens is 2. The molecule has 25 heavy (non-hydrogen) atoms. The second-order valence-electron chi connectivity index (χ2n) is 6.60. The minimum absolute atomic E-state index is 0.0212. The molecule has 0 aliphatic heterocycles. The standard InChI is InChI=1S/C15H22F3N3O3S/c1-9-13(10(2)20(3)19-9)21(25(4,23)24)14(22)11-5-7-12(8-6-11)15(16,17)18/h11-12H,5-8H2,1-4H3. The van der Waals surface area contributed by atoms with Gasteiger partial charge >= 0.3 is 6.18 Å². The van der Waals surface area contributed by atoms with Crippen LogP contribution in [0.4, 0.5) is 18.9 Å². The van der Waals surface area contributed by atoms with E-state index in [1.807, 2.05) is 0 Å². The molecule has 0 N–H and O–H groups in total. The van der Waals surface area contributed by atoms with E-state index >= 15 is 0 Å². The van der Waals surface area contributed by atoms with Crippen molar-refractivity contribution in [1.82, 2.24) is 9.78 Å². The van der Waals surface area contributed by atoms with Gasteiger partial charge in [0, 0.05) is 13.0 Å². The first-order chi connectivity index (χ1) is 11.3. The third-order valence-electron chi connectivity index (χ3n) is 4.75. The van der Waals surface area contributed by atoms with Crippen LogP contribution in [0.2, 0.25) is 0 Å². The predicted octanol–water partition coefficient (Wildman–Crippen LogP) is 2.70. The zero-order valence-electron chi connectivity index (χ0n) is 14.6. The van der Waals surface area contributed by atoms with Crippen LogP contribution in [-0.4, -0.2) is 36.5 Å². The van der Waals surface area contributed by atoms with Crippen molar-refractivity contribution in [2.24, 2.45) is 18.9 Å². The Balaban J connectivity index is 2.31. The highest BCUT2D eigenvalue weighted by Gasteiger charge is 2.44. The molecular weight excluding hydrogens is 359 g/mol. The molecule has 0 atom stereocenters. The number of nitrogens with zero attached hydrogens (tertiary/aromatic N) is 3. The fraction of sp³-hybridized carbons (Fsp3) is 0.733. The van der Waals surface area contributed by atoms with E-state index in [2.05, 4.69) is 5.10 Å². The third-order valence-corrected chi connectivity index (χ3v) is 5.77. The molecule has 0 aromatic carbocycles. The molecule has 1 saturated carbocycles. The van der Waals surface area contributed by atoms with Crippen LogP contribution in [0.25, 0.3) is 0 Å². The van der Waals surface area contributed by atoms with Gasteiger partial charge in [0.25, 0.3) is 0 Å². The molecule has 0 saturated heterocycles. The Morgan fingerprint density at radius 3 is 2.08 bits per heavy atom. The van der Waals surface area contributed by atoms with Crippen molar-refractivity contribution in [3.05, 3.63) is 11.4 Å². The van der Waals surface area contributed by atoms with Crippen LogP contribution in [0.5, 0.6) is 0 Å². The number of aryl methyl sites for hydroxylation is 2. The van der Waals surface area contributed by atoms with Crippen molar-refractivity contribution in [3.8, 4) is 0 Å². The number of amides is 1. The molecule has 10 heteroatoms. The van der Waals surface area contributed by atoms with Gasteiger partial charge in [0.1, 0.15) is 5.69 Å². The molecule has 1 fully saturated rings. The Morgan fingerprint density at radius 1 is 1.20 bits per heavy atom. The van der Waals surface area contributed by atoms with E-state index in [1.54, 1.807) is 20.9 Å². The van der Waals surface area contributed by atoms with Gasteiger partial charge in [0.2, 0.25) is 15.9 Å². The Morgan fingerprint density at radius 2 is 1.72 bits per heavy atom. The summed E-state index contributed by atoms with van der Waals surface area (Å²) in [5, 5.41) is 4.13. The highest BCUT2D eigenvalue weighted by molar-refractivity contribution is 7.92. The van der Waals surface area contributed by atoms with Gasteiger partial charge < -0.3 is 0 Å². The Kier molecular flexibility index (Phi) is 5.23. The molecule has 1 aromatic rings. The molecule has 2 rings (SSSR count). The number of carbonyl (C=O) groups is 1. The quantitative estimate of drug-likeness (QED) is 0.807. The number of hydrogen-bond donors (Lipinski definition) is 0. The van der Waals surface area contributed by atoms with Gasteiger partial charge in [-0.15, -0.1) is 0 Å². The monoisotopic (exact) mass is 381 g/mol. The van der Waals surface area contributed by atoms with Crippen LogP contribution >= 0.6 is 0 Å². The lowest BCUT2D eigenvalue weighted by Gasteiger charge is -2.32. The molecule has 6 nitrogen and oxygen atoms in total. The lowest BCUT2D eigenvalue weighted by Crippen LogP contribution is -2.43. The van der Waals surface area contributed by atoms with Crippen molar-refractivity contribution in [3.63, 3.8) is 0 Å². The lowest BCUT2D eigenvalue weighted by molar-refractivity contribution is -0.184. The van der Waals surface area contributed by atoms with E-state index < -0.39 is 33.9 Å². The average molecular weight is 381 g/mol. The second-order valence-corrected chi connectivity index (χ2v) is 8.43. The normalized spacial score (nSPS) is 22.0. The first kappa shape index (κ1) is 19.7. The molecule has 142 valence electrons. The zero-order valence-corrected chi connectivity index (χ0v) is 15.4. The minimum Gasteiger partial charge on any atom is -0.273 e. The summed E-state index contributed by atoms with van der Waals surface area (Å²) in [5.41, 5.74) is 1.07. The number of anilines is 1. The van der Waals surface area contributed by atoms with Gasteiger partial charge in [-0.3, -0.25) is 9.48 Å². The smallest absolute Gasteiger partial charge is 0.273 e. The van der Waals surface area contributed by atoms with Crippen LogP contribution < -0.4 is 4.31 Å². The fourth-order valence-electron chi connectivity index (χ4n) is 3.33. The molecular formula is C15H22F3N3O3S. The van der Waals surface area contributed by atoms with E-state index in [9.17, 15) is 26.4 Å². The van der Waals surface area contributed by atoms with Crippen molar-refractivity contribution in [1.29, 1.82) is 0 Å². The topological polar surface area (TPSA) is 72.3 Å². The molecule has 1 amide bonds. The number of sulfonamides is 1. The van der Waals surface area contributed by atoms with E-state index in [1.165, 1.54) is 4.68 Å². The van der Waals surface area contributed by atoms with Crippen molar-refractivity contribution < 1.29 is 26.4 Å². The molecule has 1 aliphatic rings. The van der Waals surface area contributed by atoms with Crippen LogP contribution in [0.3, 0.4) is 0 Å². The van der Waals surface area contributed by atoms with E-state index in [0.29, 0.717) is 15.7 Å². The van der Waals surface area contributed by atoms with Crippen molar-refractivity contribution in [2.75, 3.05) is 10.6 Å². The summed E-state index contributed by atoms with van der Waals surface area (Å²) in [6, 6.07) is 0. The Hall–Kier alpha value is -1.58. The molecule has 0 unspecified atom stereocenters. The zero-order chi connectivity index (χ0) is 19.2. The molecule has 1 aromatic heterocycles. The van der Waals surface area contributed by atoms with E-state index in [-0.39, 0.29) is 31.4 Å². The van der Waals surface area contributed by atoms with Gasteiger partial charge in [-0.1, -0.05) is 0 Å². The van der Waals surface area contributed by atoms with Gasteiger partial charge in [-0.05, 0) is 39.5 Å². The highest BCUT2D eigenvalue weighted by Crippen LogP contribution is 2.41. The summed E-state index contributed by atoms with van der Waals surface area (Å²) in [6.07, 6.45) is -3.65. The predicted molar refractivity (Wildman–Crippen MR) is 86.5 cm³/mol. The first-order valence-corrected chi connectivity index (χ1v) is 9.80. The summed E-state index contributed by atoms with van der Waals surface area (Å²) in [4.78, 5) is 12.8. The van der Waals surface area contributed by atoms with Crippen LogP contribution in [-0.2, 0) is 21.9 Å². The molecule has 1 heterocycles. The summed E-state index contributed by atoms with van der Waals surface area (Å²) < 4.78 is 65.0. The van der Waals surface area contributed by atoms with Crippen molar-refractivity contribution in [2.45, 2.75) is 45.7 Å². The van der Waals surface area contributed by atoms with Gasteiger partial charge in [0.05, 0.1) is 23.6 Å². The maximum absolute atomic E-state index is 12.8. The van der Waals surface area contributed by atoms with Crippen molar-refractivity contribution >= 4 is 21.6 Å². The van der Waals surface area contributed by atoms with Crippen LogP contribution in [0, 0.1) is 25.7 Å². The number of carbonyl (C=O) groups excluding carboxylic acids is 1. The van der Waals surface area contributed by atoms with Crippen LogP contribution in [0.15, 0.2) is 0 Å². The van der Waals surface area contributed by atoms with Gasteiger partial charge in [-0.25, -0.2) is 12.7 Å². The number of rotatable bonds is 3. The Labute approximate surface area is 145 Å².